The van der Waals surface area contributed by atoms with Gasteiger partial charge in [0.2, 0.25) is 0 Å². The molecular formula is C25H34N2O4. The van der Waals surface area contributed by atoms with Crippen LogP contribution in [-0.2, 0) is 0 Å². The third-order valence-electron chi connectivity index (χ3n) is 5.45. The van der Waals surface area contributed by atoms with Gasteiger partial charge < -0.3 is 24.4 Å². The third-order valence-corrected chi connectivity index (χ3v) is 5.45. The molecule has 31 heavy (non-hydrogen) atoms. The number of carbonyl (C=O) groups is 1. The van der Waals surface area contributed by atoms with E-state index in [0.717, 1.165) is 31.7 Å². The van der Waals surface area contributed by atoms with E-state index in [9.17, 15) is 4.79 Å². The topological polar surface area (TPSA) is 60.0 Å². The van der Waals surface area contributed by atoms with Crippen molar-refractivity contribution in [1.29, 1.82) is 0 Å². The Balaban J connectivity index is 1.53. The molecule has 3 rings (SSSR count). The first-order valence-corrected chi connectivity index (χ1v) is 11.2. The van der Waals surface area contributed by atoms with Gasteiger partial charge in [-0.05, 0) is 63.9 Å². The molecule has 0 saturated carbocycles. The normalized spacial score (nSPS) is 15.0. The van der Waals surface area contributed by atoms with Crippen LogP contribution in [0.5, 0.6) is 17.2 Å². The Hall–Kier alpha value is -2.73. The zero-order chi connectivity index (χ0) is 22.1. The standard InChI is InChI=1S/C25H34N2O4/c1-4-29-24-18-20(25(28)26-21-12-14-27(15-13-21)19(2)3)10-11-23(24)31-17-16-30-22-8-6-5-7-9-22/h5-11,18-19,21H,4,12-17H2,1-3H3,(H,26,28). The third kappa shape index (κ3) is 6.89. The van der Waals surface area contributed by atoms with Crippen LogP contribution in [0.3, 0.4) is 0 Å². The average molecular weight is 427 g/mol. The number of likely N-dealkylation sites (tertiary alicyclic amines) is 1. The molecule has 0 aliphatic carbocycles. The molecule has 1 fully saturated rings. The van der Waals surface area contributed by atoms with Crippen molar-refractivity contribution in [3.05, 3.63) is 54.1 Å². The zero-order valence-electron chi connectivity index (χ0n) is 18.8. The van der Waals surface area contributed by atoms with E-state index in [-0.39, 0.29) is 11.9 Å². The molecule has 0 radical (unpaired) electrons. The lowest BCUT2D eigenvalue weighted by Gasteiger charge is -2.34. The molecule has 1 aliphatic heterocycles. The summed E-state index contributed by atoms with van der Waals surface area (Å²) in [4.78, 5) is 15.2. The van der Waals surface area contributed by atoms with Crippen molar-refractivity contribution in [2.75, 3.05) is 32.9 Å². The summed E-state index contributed by atoms with van der Waals surface area (Å²) >= 11 is 0. The van der Waals surface area contributed by atoms with E-state index in [0.29, 0.717) is 42.9 Å². The van der Waals surface area contributed by atoms with Gasteiger partial charge in [0, 0.05) is 30.7 Å². The van der Waals surface area contributed by atoms with Crippen LogP contribution in [0.15, 0.2) is 48.5 Å². The minimum absolute atomic E-state index is 0.0667. The monoisotopic (exact) mass is 426 g/mol. The lowest BCUT2D eigenvalue weighted by Crippen LogP contribution is -2.46. The summed E-state index contributed by atoms with van der Waals surface area (Å²) in [6.07, 6.45) is 1.95. The van der Waals surface area contributed by atoms with Gasteiger partial charge in [0.15, 0.2) is 11.5 Å². The minimum atomic E-state index is -0.0667. The second-order valence-electron chi connectivity index (χ2n) is 7.98. The van der Waals surface area contributed by atoms with Crippen molar-refractivity contribution in [2.24, 2.45) is 0 Å². The molecule has 0 spiro atoms. The maximum absolute atomic E-state index is 12.8. The molecule has 1 N–H and O–H groups in total. The number of hydrogen-bond acceptors (Lipinski definition) is 5. The van der Waals surface area contributed by atoms with Crippen molar-refractivity contribution in [3.8, 4) is 17.2 Å². The van der Waals surface area contributed by atoms with Crippen molar-refractivity contribution < 1.29 is 19.0 Å². The molecule has 1 amide bonds. The molecule has 0 atom stereocenters. The Morgan fingerprint density at radius 1 is 1.00 bits per heavy atom. The molecular weight excluding hydrogens is 392 g/mol. The maximum atomic E-state index is 12.8. The maximum Gasteiger partial charge on any atom is 0.251 e. The molecule has 6 nitrogen and oxygen atoms in total. The van der Waals surface area contributed by atoms with Crippen LogP contribution >= 0.6 is 0 Å². The predicted octanol–water partition coefficient (Wildman–Crippen LogP) is 4.15. The highest BCUT2D eigenvalue weighted by Crippen LogP contribution is 2.29. The molecule has 168 valence electrons. The molecule has 0 aromatic heterocycles. The van der Waals surface area contributed by atoms with E-state index in [1.165, 1.54) is 0 Å². The Bertz CT molecular complexity index is 818. The lowest BCUT2D eigenvalue weighted by molar-refractivity contribution is 0.0900. The Labute approximate surface area is 185 Å². The van der Waals surface area contributed by atoms with Gasteiger partial charge in [-0.1, -0.05) is 18.2 Å². The van der Waals surface area contributed by atoms with Crippen molar-refractivity contribution in [2.45, 2.75) is 45.7 Å². The number of ether oxygens (including phenoxy) is 3. The van der Waals surface area contributed by atoms with Gasteiger partial charge in [-0.3, -0.25) is 4.79 Å². The fraction of sp³-hybridized carbons (Fsp3) is 0.480. The Morgan fingerprint density at radius 3 is 2.39 bits per heavy atom. The summed E-state index contributed by atoms with van der Waals surface area (Å²) in [5.74, 6) is 1.93. The number of piperidine rings is 1. The van der Waals surface area contributed by atoms with E-state index >= 15 is 0 Å². The summed E-state index contributed by atoms with van der Waals surface area (Å²) in [6, 6.07) is 15.7. The van der Waals surface area contributed by atoms with Gasteiger partial charge in [-0.15, -0.1) is 0 Å². The Kier molecular flexibility index (Phi) is 8.59. The molecule has 0 bridgehead atoms. The highest BCUT2D eigenvalue weighted by Gasteiger charge is 2.23. The minimum Gasteiger partial charge on any atom is -0.490 e. The lowest BCUT2D eigenvalue weighted by atomic mass is 10.0. The van der Waals surface area contributed by atoms with E-state index in [2.05, 4.69) is 24.1 Å². The van der Waals surface area contributed by atoms with E-state index < -0.39 is 0 Å². The quantitative estimate of drug-likeness (QED) is 0.579. The molecule has 1 heterocycles. The molecule has 0 unspecified atom stereocenters. The fourth-order valence-corrected chi connectivity index (χ4v) is 3.69. The van der Waals surface area contributed by atoms with Gasteiger partial charge in [0.25, 0.3) is 5.91 Å². The number of amides is 1. The van der Waals surface area contributed by atoms with Crippen LogP contribution in [0.2, 0.25) is 0 Å². The van der Waals surface area contributed by atoms with Crippen molar-refractivity contribution in [1.82, 2.24) is 10.2 Å². The summed E-state index contributed by atoms with van der Waals surface area (Å²) in [5.41, 5.74) is 0.586. The van der Waals surface area contributed by atoms with Crippen LogP contribution in [0, 0.1) is 0 Å². The smallest absolute Gasteiger partial charge is 0.251 e. The molecule has 1 saturated heterocycles. The number of nitrogens with one attached hydrogen (secondary N) is 1. The predicted molar refractivity (Wildman–Crippen MR) is 122 cm³/mol. The van der Waals surface area contributed by atoms with Gasteiger partial charge in [-0.2, -0.15) is 0 Å². The number of benzene rings is 2. The Morgan fingerprint density at radius 2 is 1.71 bits per heavy atom. The van der Waals surface area contributed by atoms with Crippen LogP contribution < -0.4 is 19.5 Å². The van der Waals surface area contributed by atoms with E-state index in [1.807, 2.05) is 37.3 Å². The number of nitrogens with zero attached hydrogens (tertiary/aromatic N) is 1. The van der Waals surface area contributed by atoms with Gasteiger partial charge >= 0.3 is 0 Å². The number of rotatable bonds is 10. The highest BCUT2D eigenvalue weighted by atomic mass is 16.5. The average Bonchev–Trinajstić information content (AvgIpc) is 2.78. The van der Waals surface area contributed by atoms with Gasteiger partial charge in [-0.25, -0.2) is 0 Å². The van der Waals surface area contributed by atoms with Crippen LogP contribution in [0.25, 0.3) is 0 Å². The van der Waals surface area contributed by atoms with Crippen molar-refractivity contribution in [3.63, 3.8) is 0 Å². The van der Waals surface area contributed by atoms with E-state index in [4.69, 9.17) is 14.2 Å². The second kappa shape index (κ2) is 11.6. The number of para-hydroxylation sites is 1. The first kappa shape index (κ1) is 22.9. The fourth-order valence-electron chi connectivity index (χ4n) is 3.69. The SMILES string of the molecule is CCOc1cc(C(=O)NC2CCN(C(C)C)CC2)ccc1OCCOc1ccccc1. The summed E-state index contributed by atoms with van der Waals surface area (Å²) < 4.78 is 17.2. The molecule has 2 aromatic rings. The van der Waals surface area contributed by atoms with Crippen LogP contribution in [0.1, 0.15) is 44.0 Å². The largest absolute Gasteiger partial charge is 0.490 e. The summed E-state index contributed by atoms with van der Waals surface area (Å²) in [7, 11) is 0. The number of carbonyl (C=O) groups excluding carboxylic acids is 1. The highest BCUT2D eigenvalue weighted by molar-refractivity contribution is 5.95. The van der Waals surface area contributed by atoms with Crippen molar-refractivity contribution >= 4 is 5.91 Å². The second-order valence-corrected chi connectivity index (χ2v) is 7.98. The van der Waals surface area contributed by atoms with Gasteiger partial charge in [0.05, 0.1) is 6.61 Å². The van der Waals surface area contributed by atoms with Crippen LogP contribution in [0.4, 0.5) is 0 Å². The first-order valence-electron chi connectivity index (χ1n) is 11.2. The molecule has 6 heteroatoms. The van der Waals surface area contributed by atoms with Gasteiger partial charge in [0.1, 0.15) is 19.0 Å². The molecule has 2 aromatic carbocycles. The zero-order valence-corrected chi connectivity index (χ0v) is 18.8. The summed E-state index contributed by atoms with van der Waals surface area (Å²) in [6.45, 7) is 9.68. The van der Waals surface area contributed by atoms with Crippen LogP contribution in [-0.4, -0.2) is 55.8 Å². The summed E-state index contributed by atoms with van der Waals surface area (Å²) in [5, 5.41) is 3.17. The molecule has 1 aliphatic rings. The first-order chi connectivity index (χ1) is 15.1. The van der Waals surface area contributed by atoms with E-state index in [1.54, 1.807) is 18.2 Å². The number of hydrogen-bond donors (Lipinski definition) is 1.